The molecule has 0 fully saturated rings. The first-order valence-electron chi connectivity index (χ1n) is 10.4. The first-order chi connectivity index (χ1) is 16.0. The lowest BCUT2D eigenvalue weighted by Crippen LogP contribution is -2.53. The van der Waals surface area contributed by atoms with Crippen molar-refractivity contribution in [2.24, 2.45) is 0 Å². The Morgan fingerprint density at radius 1 is 1.09 bits per heavy atom. The standard InChI is InChI=1S/C24H22ClF3N2O4/c1-3-23(4-2,22(32)33)30-21(31)17-11-18(25)15-7-5-6-8-16(15)20(17)34-13-14-9-10-19(29-12-14)24(26,27)28/h5-12H,3-4,13H2,1-2H3,(H,30,31)(H,32,33). The lowest BCUT2D eigenvalue weighted by atomic mass is 9.92. The predicted molar refractivity (Wildman–Crippen MR) is 121 cm³/mol. The number of aromatic nitrogens is 1. The molecule has 0 spiro atoms. The largest absolute Gasteiger partial charge is 0.487 e. The Labute approximate surface area is 198 Å². The van der Waals surface area contributed by atoms with Crippen LogP contribution in [0.5, 0.6) is 5.75 Å². The average molecular weight is 495 g/mol. The summed E-state index contributed by atoms with van der Waals surface area (Å²) in [6, 6.07) is 10.3. The Morgan fingerprint density at radius 2 is 1.74 bits per heavy atom. The minimum absolute atomic E-state index is 0.0103. The van der Waals surface area contributed by atoms with E-state index in [0.29, 0.717) is 16.3 Å². The van der Waals surface area contributed by atoms with Gasteiger partial charge in [0.1, 0.15) is 23.6 Å². The van der Waals surface area contributed by atoms with Gasteiger partial charge in [-0.3, -0.25) is 9.78 Å². The van der Waals surface area contributed by atoms with E-state index in [4.69, 9.17) is 16.3 Å². The van der Waals surface area contributed by atoms with Crippen molar-refractivity contribution < 1.29 is 32.6 Å². The molecule has 34 heavy (non-hydrogen) atoms. The number of hydrogen-bond donors (Lipinski definition) is 2. The molecule has 3 rings (SSSR count). The van der Waals surface area contributed by atoms with Crippen LogP contribution in [0.2, 0.25) is 5.02 Å². The van der Waals surface area contributed by atoms with Gasteiger partial charge in [0, 0.05) is 27.6 Å². The van der Waals surface area contributed by atoms with E-state index in [9.17, 15) is 27.9 Å². The van der Waals surface area contributed by atoms with Gasteiger partial charge < -0.3 is 15.2 Å². The van der Waals surface area contributed by atoms with E-state index in [1.54, 1.807) is 38.1 Å². The van der Waals surface area contributed by atoms with Crippen molar-refractivity contribution in [3.63, 3.8) is 0 Å². The zero-order valence-electron chi connectivity index (χ0n) is 18.4. The fourth-order valence-electron chi connectivity index (χ4n) is 3.53. The van der Waals surface area contributed by atoms with Gasteiger partial charge in [0.15, 0.2) is 0 Å². The highest BCUT2D eigenvalue weighted by atomic mass is 35.5. The highest BCUT2D eigenvalue weighted by molar-refractivity contribution is 6.36. The second-order valence-electron chi connectivity index (χ2n) is 7.67. The van der Waals surface area contributed by atoms with Gasteiger partial charge in [0.2, 0.25) is 0 Å². The number of aliphatic carboxylic acids is 1. The van der Waals surface area contributed by atoms with Gasteiger partial charge in [-0.2, -0.15) is 13.2 Å². The van der Waals surface area contributed by atoms with Crippen LogP contribution < -0.4 is 10.1 Å². The molecule has 180 valence electrons. The molecule has 1 amide bonds. The number of halogens is 4. The van der Waals surface area contributed by atoms with E-state index in [1.807, 2.05) is 0 Å². The molecule has 1 aromatic heterocycles. The maximum absolute atomic E-state index is 13.2. The van der Waals surface area contributed by atoms with Crippen LogP contribution in [0.3, 0.4) is 0 Å². The number of rotatable bonds is 8. The van der Waals surface area contributed by atoms with Gasteiger partial charge in [-0.1, -0.05) is 55.8 Å². The SMILES string of the molecule is CCC(CC)(NC(=O)c1cc(Cl)c2ccccc2c1OCc1ccc(C(F)(F)F)nc1)C(=O)O. The van der Waals surface area contributed by atoms with Gasteiger partial charge in [-0.15, -0.1) is 0 Å². The van der Waals surface area contributed by atoms with Crippen LogP contribution in [0.15, 0.2) is 48.7 Å². The van der Waals surface area contributed by atoms with Crippen molar-refractivity contribution in [3.05, 3.63) is 70.5 Å². The summed E-state index contributed by atoms with van der Waals surface area (Å²) >= 11 is 6.39. The number of amides is 1. The first-order valence-corrected chi connectivity index (χ1v) is 10.8. The van der Waals surface area contributed by atoms with Crippen LogP contribution in [-0.4, -0.2) is 27.5 Å². The Bertz CT molecular complexity index is 1210. The van der Waals surface area contributed by atoms with E-state index in [2.05, 4.69) is 10.3 Å². The lowest BCUT2D eigenvalue weighted by molar-refractivity contribution is -0.145. The van der Waals surface area contributed by atoms with Crippen molar-refractivity contribution in [2.45, 2.75) is 45.0 Å². The summed E-state index contributed by atoms with van der Waals surface area (Å²) < 4.78 is 44.2. The van der Waals surface area contributed by atoms with Crippen LogP contribution >= 0.6 is 11.6 Å². The van der Waals surface area contributed by atoms with E-state index in [0.717, 1.165) is 12.3 Å². The normalized spacial score (nSPS) is 11.9. The maximum atomic E-state index is 13.2. The number of carbonyl (C=O) groups is 2. The summed E-state index contributed by atoms with van der Waals surface area (Å²) in [5.41, 5.74) is -2.15. The van der Waals surface area contributed by atoms with E-state index in [1.165, 1.54) is 12.1 Å². The zero-order chi connectivity index (χ0) is 25.1. The van der Waals surface area contributed by atoms with Crippen LogP contribution in [0.25, 0.3) is 10.8 Å². The zero-order valence-corrected chi connectivity index (χ0v) is 19.1. The van der Waals surface area contributed by atoms with E-state index >= 15 is 0 Å². The topological polar surface area (TPSA) is 88.5 Å². The molecule has 1 heterocycles. The molecule has 0 aliphatic heterocycles. The highest BCUT2D eigenvalue weighted by Crippen LogP contribution is 2.36. The summed E-state index contributed by atoms with van der Waals surface area (Å²) in [5.74, 6) is -1.74. The smallest absolute Gasteiger partial charge is 0.433 e. The van der Waals surface area contributed by atoms with E-state index < -0.39 is 29.3 Å². The number of ether oxygens (including phenoxy) is 1. The Kier molecular flexibility index (Phi) is 7.35. The number of nitrogens with zero attached hydrogens (tertiary/aromatic N) is 1. The molecule has 0 unspecified atom stereocenters. The molecule has 2 aromatic carbocycles. The third kappa shape index (κ3) is 5.09. The summed E-state index contributed by atoms with van der Waals surface area (Å²) in [6.07, 6.45) is -3.21. The molecule has 0 aliphatic rings. The molecule has 3 aromatic rings. The lowest BCUT2D eigenvalue weighted by Gasteiger charge is -2.28. The number of benzene rings is 2. The maximum Gasteiger partial charge on any atom is 0.433 e. The molecule has 2 N–H and O–H groups in total. The number of carboxylic acid groups (broad SMARTS) is 1. The van der Waals surface area contributed by atoms with Crippen LogP contribution in [0.4, 0.5) is 13.2 Å². The Balaban J connectivity index is 2.01. The monoisotopic (exact) mass is 494 g/mol. The molecule has 0 aliphatic carbocycles. The van der Waals surface area contributed by atoms with E-state index in [-0.39, 0.29) is 35.8 Å². The summed E-state index contributed by atoms with van der Waals surface area (Å²) in [7, 11) is 0. The van der Waals surface area contributed by atoms with Gasteiger partial charge in [0.25, 0.3) is 5.91 Å². The second-order valence-corrected chi connectivity index (χ2v) is 8.07. The number of fused-ring (bicyclic) bond motifs is 1. The minimum atomic E-state index is -4.56. The third-order valence-electron chi connectivity index (χ3n) is 5.66. The molecule has 0 saturated heterocycles. The molecule has 6 nitrogen and oxygen atoms in total. The fraction of sp³-hybridized carbons (Fsp3) is 0.292. The summed E-state index contributed by atoms with van der Waals surface area (Å²) in [6.45, 7) is 3.13. The van der Waals surface area contributed by atoms with Gasteiger partial charge in [0.05, 0.1) is 5.56 Å². The number of pyridine rings is 1. The predicted octanol–water partition coefficient (Wildman–Crippen LogP) is 5.86. The number of nitrogens with one attached hydrogen (secondary N) is 1. The van der Waals surface area contributed by atoms with Gasteiger partial charge in [-0.05, 0) is 25.0 Å². The van der Waals surface area contributed by atoms with Gasteiger partial charge in [-0.25, -0.2) is 4.79 Å². The van der Waals surface area contributed by atoms with Gasteiger partial charge >= 0.3 is 12.1 Å². The van der Waals surface area contributed by atoms with Crippen LogP contribution in [-0.2, 0) is 17.6 Å². The van der Waals surface area contributed by atoms with Crippen molar-refractivity contribution in [2.75, 3.05) is 0 Å². The molecule has 0 saturated carbocycles. The number of hydrogen-bond acceptors (Lipinski definition) is 4. The molecular weight excluding hydrogens is 473 g/mol. The Hall–Kier alpha value is -3.33. The Morgan fingerprint density at radius 3 is 2.26 bits per heavy atom. The molecular formula is C24H22ClF3N2O4. The average Bonchev–Trinajstić information content (AvgIpc) is 2.81. The number of carboxylic acids is 1. The second kappa shape index (κ2) is 9.89. The van der Waals surface area contributed by atoms with Crippen molar-refractivity contribution in [1.29, 1.82) is 0 Å². The van der Waals surface area contributed by atoms with Crippen molar-refractivity contribution >= 4 is 34.2 Å². The molecule has 0 bridgehead atoms. The minimum Gasteiger partial charge on any atom is -0.487 e. The molecule has 10 heteroatoms. The highest BCUT2D eigenvalue weighted by Gasteiger charge is 2.37. The van der Waals surface area contributed by atoms with Crippen LogP contribution in [0.1, 0.15) is 48.3 Å². The third-order valence-corrected chi connectivity index (χ3v) is 5.97. The molecule has 0 atom stereocenters. The summed E-state index contributed by atoms with van der Waals surface area (Å²) in [4.78, 5) is 28.5. The fourth-order valence-corrected chi connectivity index (χ4v) is 3.80. The summed E-state index contributed by atoms with van der Waals surface area (Å²) in [5, 5.41) is 13.6. The quantitative estimate of drug-likeness (QED) is 0.409. The first kappa shape index (κ1) is 25.3. The van der Waals surface area contributed by atoms with Crippen LogP contribution in [0, 0.1) is 0 Å². The number of alkyl halides is 3. The van der Waals surface area contributed by atoms with Crippen molar-refractivity contribution in [1.82, 2.24) is 10.3 Å². The van der Waals surface area contributed by atoms with Crippen molar-refractivity contribution in [3.8, 4) is 5.75 Å². The number of carbonyl (C=O) groups excluding carboxylic acids is 1. The molecule has 0 radical (unpaired) electrons.